The number of aromatic hydroxyl groups is 2. The maximum absolute atomic E-state index is 10.6. The van der Waals surface area contributed by atoms with Gasteiger partial charge in [0.05, 0.1) is 0 Å². The molecule has 1 heterocycles. The summed E-state index contributed by atoms with van der Waals surface area (Å²) in [4.78, 5) is 12.9. The van der Waals surface area contributed by atoms with Gasteiger partial charge in [-0.15, -0.1) is 0 Å². The normalized spacial score (nSPS) is 9.63. The molecule has 5 nitrogen and oxygen atoms in total. The van der Waals surface area contributed by atoms with Crippen LogP contribution < -0.4 is 11.3 Å². The largest absolute Gasteiger partial charge is 0.508 e. The predicted octanol–water partition coefficient (Wildman–Crippen LogP) is 1.98. The molecule has 0 aliphatic carbocycles. The quantitative estimate of drug-likeness (QED) is 0.431. The number of benzene rings is 1. The van der Waals surface area contributed by atoms with Crippen LogP contribution in [0.3, 0.4) is 0 Å². The SMILES string of the molecule is Cc1cc(=O)[nH]c(O)c1C.Cc1cc(O)ccc1N. The van der Waals surface area contributed by atoms with Gasteiger partial charge in [-0.05, 0) is 50.1 Å². The summed E-state index contributed by atoms with van der Waals surface area (Å²) in [5.41, 5.74) is 8.37. The summed E-state index contributed by atoms with van der Waals surface area (Å²) in [6.07, 6.45) is 0. The third-order valence-corrected chi connectivity index (χ3v) is 2.79. The fraction of sp³-hybridized carbons (Fsp3) is 0.214. The molecule has 0 radical (unpaired) electrons. The monoisotopic (exact) mass is 262 g/mol. The minimum absolute atomic E-state index is 0.0370. The molecule has 0 aliphatic rings. The van der Waals surface area contributed by atoms with Crippen molar-refractivity contribution < 1.29 is 10.2 Å². The Morgan fingerprint density at radius 3 is 2.16 bits per heavy atom. The first-order chi connectivity index (χ1) is 8.81. The highest BCUT2D eigenvalue weighted by Crippen LogP contribution is 2.16. The molecule has 0 atom stereocenters. The molecule has 0 bridgehead atoms. The molecule has 5 N–H and O–H groups in total. The Morgan fingerprint density at radius 2 is 1.68 bits per heavy atom. The highest BCUT2D eigenvalue weighted by Gasteiger charge is 1.99. The molecule has 0 fully saturated rings. The number of rotatable bonds is 0. The van der Waals surface area contributed by atoms with Gasteiger partial charge in [-0.25, -0.2) is 0 Å². The van der Waals surface area contributed by atoms with Gasteiger partial charge in [0.15, 0.2) is 5.88 Å². The Bertz CT molecular complexity index is 607. The van der Waals surface area contributed by atoms with E-state index < -0.39 is 0 Å². The molecule has 0 saturated heterocycles. The molecular weight excluding hydrogens is 244 g/mol. The molecule has 0 aliphatic heterocycles. The van der Waals surface area contributed by atoms with Gasteiger partial charge in [0.1, 0.15) is 5.75 Å². The van der Waals surface area contributed by atoms with Crippen LogP contribution in [0.25, 0.3) is 0 Å². The highest BCUT2D eigenvalue weighted by atomic mass is 16.3. The summed E-state index contributed by atoms with van der Waals surface area (Å²) >= 11 is 0. The Balaban J connectivity index is 0.000000191. The molecule has 2 aromatic rings. The second-order valence-corrected chi connectivity index (χ2v) is 4.33. The first kappa shape index (κ1) is 14.6. The van der Waals surface area contributed by atoms with E-state index in [-0.39, 0.29) is 17.2 Å². The molecule has 2 rings (SSSR count). The zero-order valence-electron chi connectivity index (χ0n) is 11.2. The molecular formula is C14H18N2O3. The van der Waals surface area contributed by atoms with Crippen molar-refractivity contribution in [1.82, 2.24) is 4.98 Å². The van der Waals surface area contributed by atoms with Gasteiger partial charge in [-0.1, -0.05) is 0 Å². The topological polar surface area (TPSA) is 99.3 Å². The first-order valence-electron chi connectivity index (χ1n) is 5.76. The third-order valence-electron chi connectivity index (χ3n) is 2.79. The van der Waals surface area contributed by atoms with Gasteiger partial charge in [-0.3, -0.25) is 9.78 Å². The zero-order chi connectivity index (χ0) is 14.6. The van der Waals surface area contributed by atoms with E-state index in [1.807, 2.05) is 6.92 Å². The van der Waals surface area contributed by atoms with Crippen LogP contribution in [0.4, 0.5) is 5.69 Å². The number of phenolic OH excluding ortho intramolecular Hbond substituents is 1. The van der Waals surface area contributed by atoms with Crippen molar-refractivity contribution >= 4 is 5.69 Å². The molecule has 102 valence electrons. The maximum atomic E-state index is 10.6. The number of hydrogen-bond acceptors (Lipinski definition) is 4. The number of hydrogen-bond donors (Lipinski definition) is 4. The Hall–Kier alpha value is -2.43. The lowest BCUT2D eigenvalue weighted by molar-refractivity contribution is 0.446. The first-order valence-corrected chi connectivity index (χ1v) is 5.76. The Morgan fingerprint density at radius 1 is 1.05 bits per heavy atom. The number of aromatic amines is 1. The van der Waals surface area contributed by atoms with Crippen LogP contribution in [0.1, 0.15) is 16.7 Å². The van der Waals surface area contributed by atoms with Crippen molar-refractivity contribution in [3.05, 3.63) is 51.3 Å². The van der Waals surface area contributed by atoms with Crippen LogP contribution in [-0.2, 0) is 0 Å². The van der Waals surface area contributed by atoms with E-state index in [4.69, 9.17) is 15.9 Å². The van der Waals surface area contributed by atoms with Gasteiger partial charge < -0.3 is 15.9 Å². The minimum Gasteiger partial charge on any atom is -0.508 e. The van der Waals surface area contributed by atoms with Gasteiger partial charge in [-0.2, -0.15) is 0 Å². The Kier molecular flexibility index (Phi) is 4.58. The summed E-state index contributed by atoms with van der Waals surface area (Å²) in [6.45, 7) is 5.39. The summed E-state index contributed by atoms with van der Waals surface area (Å²) in [6, 6.07) is 6.34. The number of anilines is 1. The fourth-order valence-corrected chi connectivity index (χ4v) is 1.40. The molecule has 1 aromatic heterocycles. The molecule has 0 spiro atoms. The van der Waals surface area contributed by atoms with Gasteiger partial charge in [0, 0.05) is 17.3 Å². The van der Waals surface area contributed by atoms with E-state index in [0.29, 0.717) is 5.69 Å². The predicted molar refractivity (Wildman–Crippen MR) is 75.5 cm³/mol. The summed E-state index contributed by atoms with van der Waals surface area (Å²) in [5.74, 6) is 0.228. The smallest absolute Gasteiger partial charge is 0.250 e. The van der Waals surface area contributed by atoms with Crippen molar-refractivity contribution in [2.24, 2.45) is 0 Å². The van der Waals surface area contributed by atoms with Crippen LogP contribution in [-0.4, -0.2) is 15.2 Å². The van der Waals surface area contributed by atoms with Crippen molar-refractivity contribution in [3.8, 4) is 11.6 Å². The summed E-state index contributed by atoms with van der Waals surface area (Å²) in [7, 11) is 0. The molecule has 0 unspecified atom stereocenters. The standard InChI is InChI=1S/C7H9NO2.C7H9NO/c1-4-3-6(9)8-7(10)5(4)2;1-5-4-6(9)2-3-7(5)8/h3H,1-2H3,(H2,8,9,10);2-4,9H,8H2,1H3. The van der Waals surface area contributed by atoms with E-state index in [2.05, 4.69) is 4.98 Å². The lowest BCUT2D eigenvalue weighted by Gasteiger charge is -1.99. The summed E-state index contributed by atoms with van der Waals surface area (Å²) < 4.78 is 0. The molecule has 5 heteroatoms. The van der Waals surface area contributed by atoms with Crippen LogP contribution in [0.5, 0.6) is 11.6 Å². The zero-order valence-corrected chi connectivity index (χ0v) is 11.2. The average molecular weight is 262 g/mol. The van der Waals surface area contributed by atoms with E-state index in [9.17, 15) is 4.79 Å². The number of aromatic nitrogens is 1. The molecule has 1 aromatic carbocycles. The number of pyridine rings is 1. The Labute approximate surface area is 111 Å². The molecule has 0 saturated carbocycles. The van der Waals surface area contributed by atoms with Crippen molar-refractivity contribution in [3.63, 3.8) is 0 Å². The van der Waals surface area contributed by atoms with Gasteiger partial charge >= 0.3 is 0 Å². The van der Waals surface area contributed by atoms with Crippen LogP contribution in [0.2, 0.25) is 0 Å². The van der Waals surface area contributed by atoms with Crippen molar-refractivity contribution in [1.29, 1.82) is 0 Å². The van der Waals surface area contributed by atoms with Gasteiger partial charge in [0.2, 0.25) is 0 Å². The number of aryl methyl sites for hydroxylation is 2. The van der Waals surface area contributed by atoms with Crippen LogP contribution in [0.15, 0.2) is 29.1 Å². The lowest BCUT2D eigenvalue weighted by atomic mass is 10.2. The number of phenols is 1. The van der Waals surface area contributed by atoms with Gasteiger partial charge in [0.25, 0.3) is 5.56 Å². The minimum atomic E-state index is -0.263. The number of nitrogen functional groups attached to an aromatic ring is 1. The summed E-state index contributed by atoms with van der Waals surface area (Å²) in [5, 5.41) is 17.9. The van der Waals surface area contributed by atoms with Crippen molar-refractivity contribution in [2.45, 2.75) is 20.8 Å². The second kappa shape index (κ2) is 5.95. The maximum Gasteiger partial charge on any atom is 0.250 e. The van der Waals surface area contributed by atoms with Crippen molar-refractivity contribution in [2.75, 3.05) is 5.73 Å². The van der Waals surface area contributed by atoms with Crippen LogP contribution >= 0.6 is 0 Å². The average Bonchev–Trinajstić information content (AvgIpc) is 2.32. The van der Waals surface area contributed by atoms with E-state index in [1.165, 1.54) is 6.07 Å². The van der Waals surface area contributed by atoms with E-state index >= 15 is 0 Å². The number of H-pyrrole nitrogens is 1. The number of nitrogens with one attached hydrogen (secondary N) is 1. The lowest BCUT2D eigenvalue weighted by Crippen LogP contribution is -2.05. The molecule has 19 heavy (non-hydrogen) atoms. The fourth-order valence-electron chi connectivity index (χ4n) is 1.40. The second-order valence-electron chi connectivity index (χ2n) is 4.33. The number of nitrogens with two attached hydrogens (primary N) is 1. The van der Waals surface area contributed by atoms with E-state index in [1.54, 1.807) is 32.0 Å². The van der Waals surface area contributed by atoms with E-state index in [0.717, 1.165) is 16.7 Å². The highest BCUT2D eigenvalue weighted by molar-refractivity contribution is 5.49. The van der Waals surface area contributed by atoms with Crippen LogP contribution in [0, 0.1) is 20.8 Å². The molecule has 0 amide bonds. The third kappa shape index (κ3) is 4.06.